The average Bonchev–Trinajstić information content (AvgIpc) is 3.15. The van der Waals surface area contributed by atoms with E-state index in [4.69, 9.17) is 4.42 Å². The number of furan rings is 1. The van der Waals surface area contributed by atoms with E-state index in [1.54, 1.807) is 11.0 Å². The van der Waals surface area contributed by atoms with Gasteiger partial charge < -0.3 is 14.4 Å². The van der Waals surface area contributed by atoms with Crippen LogP contribution >= 0.6 is 0 Å². The Morgan fingerprint density at radius 2 is 2.00 bits per heavy atom. The predicted octanol–water partition coefficient (Wildman–Crippen LogP) is 3.26. The van der Waals surface area contributed by atoms with Crippen LogP contribution in [-0.2, 0) is 17.6 Å². The molecule has 3 unspecified atom stereocenters. The largest absolute Gasteiger partial charge is 0.480 e. The third-order valence-corrected chi connectivity index (χ3v) is 5.42. The molecule has 0 spiro atoms. The van der Waals surface area contributed by atoms with E-state index in [2.05, 4.69) is 0 Å². The molecule has 0 aromatic carbocycles. The molecule has 5 heteroatoms. The molecule has 3 rings (SSSR count). The van der Waals surface area contributed by atoms with Crippen LogP contribution in [0.1, 0.15) is 67.8 Å². The van der Waals surface area contributed by atoms with E-state index in [0.717, 1.165) is 49.8 Å². The third-order valence-electron chi connectivity index (χ3n) is 5.42. The van der Waals surface area contributed by atoms with Gasteiger partial charge in [-0.3, -0.25) is 4.79 Å². The van der Waals surface area contributed by atoms with Gasteiger partial charge in [0.1, 0.15) is 11.8 Å². The fourth-order valence-electron chi connectivity index (χ4n) is 4.27. The molecule has 5 nitrogen and oxygen atoms in total. The first-order valence-electron chi connectivity index (χ1n) is 8.73. The maximum atomic E-state index is 13.0. The second kappa shape index (κ2) is 6.38. The number of rotatable bonds is 4. The summed E-state index contributed by atoms with van der Waals surface area (Å²) < 4.78 is 5.75. The minimum absolute atomic E-state index is 0.0533. The first-order chi connectivity index (χ1) is 11.1. The van der Waals surface area contributed by atoms with Crippen molar-refractivity contribution in [1.29, 1.82) is 0 Å². The SMILES string of the molecule is CCc1cc(C(=O)N2C(C(=O)O)CC3CCCCC32)oc1CC. The molecule has 2 fully saturated rings. The number of carbonyl (C=O) groups is 2. The van der Waals surface area contributed by atoms with Crippen LogP contribution in [0.25, 0.3) is 0 Å². The molecular formula is C18H25NO4. The van der Waals surface area contributed by atoms with Gasteiger partial charge in [-0.05, 0) is 43.2 Å². The lowest BCUT2D eigenvalue weighted by Crippen LogP contribution is -2.46. The highest BCUT2D eigenvalue weighted by molar-refractivity contribution is 5.95. The Kier molecular flexibility index (Phi) is 4.46. The fourth-order valence-corrected chi connectivity index (χ4v) is 4.27. The zero-order valence-electron chi connectivity index (χ0n) is 13.9. The van der Waals surface area contributed by atoms with Crippen molar-refractivity contribution in [3.63, 3.8) is 0 Å². The van der Waals surface area contributed by atoms with Crippen molar-refractivity contribution in [2.24, 2.45) is 5.92 Å². The Labute approximate surface area is 136 Å². The molecule has 2 heterocycles. The van der Waals surface area contributed by atoms with Gasteiger partial charge in [-0.1, -0.05) is 26.7 Å². The van der Waals surface area contributed by atoms with Gasteiger partial charge in [0, 0.05) is 12.5 Å². The Bertz CT molecular complexity index is 585. The summed E-state index contributed by atoms with van der Waals surface area (Å²) >= 11 is 0. The van der Waals surface area contributed by atoms with Crippen LogP contribution in [0.2, 0.25) is 0 Å². The number of aliphatic carboxylic acids is 1. The topological polar surface area (TPSA) is 70.8 Å². The molecule has 1 saturated heterocycles. The van der Waals surface area contributed by atoms with Gasteiger partial charge >= 0.3 is 5.97 Å². The summed E-state index contributed by atoms with van der Waals surface area (Å²) in [5.41, 5.74) is 1.04. The van der Waals surface area contributed by atoms with Crippen molar-refractivity contribution in [2.75, 3.05) is 0 Å². The van der Waals surface area contributed by atoms with Crippen LogP contribution in [0, 0.1) is 5.92 Å². The molecular weight excluding hydrogens is 294 g/mol. The first-order valence-corrected chi connectivity index (χ1v) is 8.73. The number of hydrogen-bond donors (Lipinski definition) is 1. The zero-order chi connectivity index (χ0) is 16.6. The van der Waals surface area contributed by atoms with E-state index in [0.29, 0.717) is 18.1 Å². The summed E-state index contributed by atoms with van der Waals surface area (Å²) in [7, 11) is 0. The molecule has 1 aromatic heterocycles. The summed E-state index contributed by atoms with van der Waals surface area (Å²) in [4.78, 5) is 26.2. The number of fused-ring (bicyclic) bond motifs is 1. The van der Waals surface area contributed by atoms with Gasteiger partial charge in [0.15, 0.2) is 5.76 Å². The normalized spacial score (nSPS) is 27.0. The molecule has 2 aliphatic rings. The van der Waals surface area contributed by atoms with Crippen molar-refractivity contribution in [1.82, 2.24) is 4.90 Å². The number of aryl methyl sites for hydroxylation is 2. The molecule has 23 heavy (non-hydrogen) atoms. The van der Waals surface area contributed by atoms with Gasteiger partial charge in [-0.25, -0.2) is 4.79 Å². The van der Waals surface area contributed by atoms with Crippen LogP contribution in [0.3, 0.4) is 0 Å². The standard InChI is InChI=1S/C18H25NO4/c1-3-11-10-16(23-15(11)4-2)17(20)19-13-8-6-5-7-12(13)9-14(19)18(21)22/h10,12-14H,3-9H2,1-2H3,(H,21,22). The molecule has 1 aromatic rings. The minimum atomic E-state index is -0.897. The Morgan fingerprint density at radius 1 is 1.26 bits per heavy atom. The van der Waals surface area contributed by atoms with E-state index in [1.165, 1.54) is 0 Å². The summed E-state index contributed by atoms with van der Waals surface area (Å²) in [5.74, 6) is 0.310. The van der Waals surface area contributed by atoms with Gasteiger partial charge in [0.05, 0.1) is 0 Å². The lowest BCUT2D eigenvalue weighted by Gasteiger charge is -2.32. The lowest BCUT2D eigenvalue weighted by molar-refractivity contribution is -0.141. The minimum Gasteiger partial charge on any atom is -0.480 e. The zero-order valence-corrected chi connectivity index (χ0v) is 13.9. The monoisotopic (exact) mass is 319 g/mol. The van der Waals surface area contributed by atoms with Gasteiger partial charge in [0.2, 0.25) is 0 Å². The average molecular weight is 319 g/mol. The van der Waals surface area contributed by atoms with Crippen molar-refractivity contribution >= 4 is 11.9 Å². The second-order valence-electron chi connectivity index (χ2n) is 6.68. The highest BCUT2D eigenvalue weighted by Crippen LogP contribution is 2.40. The summed E-state index contributed by atoms with van der Waals surface area (Å²) in [6.07, 6.45) is 6.26. The number of likely N-dealkylation sites (tertiary alicyclic amines) is 1. The maximum absolute atomic E-state index is 13.0. The van der Waals surface area contributed by atoms with Crippen molar-refractivity contribution < 1.29 is 19.1 Å². The van der Waals surface area contributed by atoms with Crippen LogP contribution in [0.15, 0.2) is 10.5 Å². The van der Waals surface area contributed by atoms with Crippen LogP contribution in [0.5, 0.6) is 0 Å². The molecule has 0 bridgehead atoms. The molecule has 0 radical (unpaired) electrons. The van der Waals surface area contributed by atoms with Crippen LogP contribution < -0.4 is 0 Å². The van der Waals surface area contributed by atoms with Crippen molar-refractivity contribution in [3.8, 4) is 0 Å². The molecule has 3 atom stereocenters. The van der Waals surface area contributed by atoms with E-state index >= 15 is 0 Å². The number of carboxylic acids is 1. The number of carbonyl (C=O) groups excluding carboxylic acids is 1. The predicted molar refractivity (Wildman–Crippen MR) is 85.4 cm³/mol. The van der Waals surface area contributed by atoms with E-state index in [-0.39, 0.29) is 11.9 Å². The summed E-state index contributed by atoms with van der Waals surface area (Å²) in [6, 6.07) is 1.14. The highest BCUT2D eigenvalue weighted by Gasteiger charge is 2.48. The van der Waals surface area contributed by atoms with Crippen molar-refractivity contribution in [3.05, 3.63) is 23.2 Å². The lowest BCUT2D eigenvalue weighted by atomic mass is 9.84. The smallest absolute Gasteiger partial charge is 0.326 e. The molecule has 1 amide bonds. The number of nitrogens with zero attached hydrogens (tertiary/aromatic N) is 1. The Hall–Kier alpha value is -1.78. The summed E-state index contributed by atoms with van der Waals surface area (Å²) in [6.45, 7) is 4.03. The van der Waals surface area contributed by atoms with Gasteiger partial charge in [0.25, 0.3) is 5.91 Å². The quantitative estimate of drug-likeness (QED) is 0.924. The maximum Gasteiger partial charge on any atom is 0.326 e. The first kappa shape index (κ1) is 16.1. The molecule has 1 saturated carbocycles. The van der Waals surface area contributed by atoms with Crippen LogP contribution in [-0.4, -0.2) is 34.0 Å². The van der Waals surface area contributed by atoms with E-state index in [9.17, 15) is 14.7 Å². The van der Waals surface area contributed by atoms with E-state index in [1.807, 2.05) is 13.8 Å². The van der Waals surface area contributed by atoms with Crippen molar-refractivity contribution in [2.45, 2.75) is 70.9 Å². The molecule has 1 N–H and O–H groups in total. The fraction of sp³-hybridized carbons (Fsp3) is 0.667. The molecule has 1 aliphatic heterocycles. The third kappa shape index (κ3) is 2.77. The Balaban J connectivity index is 1.91. The number of amides is 1. The van der Waals surface area contributed by atoms with Gasteiger partial charge in [-0.2, -0.15) is 0 Å². The number of carboxylic acid groups (broad SMARTS) is 1. The van der Waals surface area contributed by atoms with E-state index < -0.39 is 12.0 Å². The second-order valence-corrected chi connectivity index (χ2v) is 6.68. The highest BCUT2D eigenvalue weighted by atomic mass is 16.4. The number of hydrogen-bond acceptors (Lipinski definition) is 3. The van der Waals surface area contributed by atoms with Gasteiger partial charge in [-0.15, -0.1) is 0 Å². The van der Waals surface area contributed by atoms with Crippen LogP contribution in [0.4, 0.5) is 0 Å². The molecule has 126 valence electrons. The summed E-state index contributed by atoms with van der Waals surface area (Å²) in [5, 5.41) is 9.55. The molecule has 1 aliphatic carbocycles. The Morgan fingerprint density at radius 3 is 2.61 bits per heavy atom.